The van der Waals surface area contributed by atoms with Gasteiger partial charge in [-0.25, -0.2) is 0 Å². The van der Waals surface area contributed by atoms with Crippen molar-refractivity contribution in [2.75, 3.05) is 6.61 Å². The van der Waals surface area contributed by atoms with Crippen LogP contribution in [0.5, 0.6) is 0 Å². The number of Topliss-reactive ketones (excluding diaryl/α,β-unsaturated/α-hetero) is 1. The van der Waals surface area contributed by atoms with Crippen molar-refractivity contribution in [1.82, 2.24) is 9.97 Å². The zero-order chi connectivity index (χ0) is 9.10. The second-order valence-electron chi connectivity index (χ2n) is 2.98. The van der Waals surface area contributed by atoms with E-state index in [0.29, 0.717) is 19.4 Å². The first kappa shape index (κ1) is 8.31. The Balaban J connectivity index is 2.13. The summed E-state index contributed by atoms with van der Waals surface area (Å²) >= 11 is 0. The van der Waals surface area contributed by atoms with E-state index in [9.17, 15) is 4.79 Å². The first-order valence-corrected chi connectivity index (χ1v) is 4.25. The quantitative estimate of drug-likeness (QED) is 0.641. The summed E-state index contributed by atoms with van der Waals surface area (Å²) in [5.74, 6) is 0.238. The number of ether oxygens (including phenoxy) is 1. The minimum absolute atomic E-state index is 0.185. The molecule has 0 saturated carbocycles. The highest BCUT2D eigenvalue weighted by molar-refractivity contribution is 5.79. The molecular weight excluding hydrogens is 168 g/mol. The molecular formula is C9H10N2O2. The Morgan fingerprint density at radius 3 is 3.08 bits per heavy atom. The third-order valence-corrected chi connectivity index (χ3v) is 2.03. The standard InChI is InChI=1S/C9H10N2O2/c12-7-1-4-13-9(5-7)8-6-10-2-3-11-8/h2-3,6,9H,1,4-5H2. The lowest BCUT2D eigenvalue weighted by Gasteiger charge is -2.20. The van der Waals surface area contributed by atoms with Gasteiger partial charge in [-0.05, 0) is 0 Å². The van der Waals surface area contributed by atoms with Crippen LogP contribution < -0.4 is 0 Å². The summed E-state index contributed by atoms with van der Waals surface area (Å²) in [5, 5.41) is 0. The van der Waals surface area contributed by atoms with Gasteiger partial charge >= 0.3 is 0 Å². The lowest BCUT2D eigenvalue weighted by molar-refractivity contribution is -0.128. The lowest BCUT2D eigenvalue weighted by Crippen LogP contribution is -2.20. The van der Waals surface area contributed by atoms with Crippen molar-refractivity contribution in [3.8, 4) is 0 Å². The summed E-state index contributed by atoms with van der Waals surface area (Å²) < 4.78 is 5.41. The first-order chi connectivity index (χ1) is 6.36. The molecule has 4 heteroatoms. The van der Waals surface area contributed by atoms with Gasteiger partial charge in [0.05, 0.1) is 18.5 Å². The third-order valence-electron chi connectivity index (χ3n) is 2.03. The van der Waals surface area contributed by atoms with Gasteiger partial charge in [-0.15, -0.1) is 0 Å². The van der Waals surface area contributed by atoms with Gasteiger partial charge < -0.3 is 4.74 Å². The molecule has 1 saturated heterocycles. The molecule has 1 atom stereocenters. The molecule has 0 N–H and O–H groups in total. The van der Waals surface area contributed by atoms with Crippen LogP contribution in [0.4, 0.5) is 0 Å². The molecule has 0 bridgehead atoms. The SMILES string of the molecule is O=C1CCOC(c2cnccn2)C1. The van der Waals surface area contributed by atoms with E-state index >= 15 is 0 Å². The average Bonchev–Trinajstić information content (AvgIpc) is 2.19. The lowest BCUT2D eigenvalue weighted by atomic mass is 10.1. The fourth-order valence-electron chi connectivity index (χ4n) is 1.35. The maximum Gasteiger partial charge on any atom is 0.138 e. The van der Waals surface area contributed by atoms with E-state index in [1.54, 1.807) is 18.6 Å². The van der Waals surface area contributed by atoms with Crippen LogP contribution >= 0.6 is 0 Å². The van der Waals surface area contributed by atoms with E-state index in [4.69, 9.17) is 4.74 Å². The molecule has 2 rings (SSSR count). The van der Waals surface area contributed by atoms with Crippen LogP contribution in [0.15, 0.2) is 18.6 Å². The normalized spacial score (nSPS) is 23.1. The minimum atomic E-state index is -0.185. The molecule has 2 heterocycles. The zero-order valence-electron chi connectivity index (χ0n) is 7.14. The van der Waals surface area contributed by atoms with Gasteiger partial charge in [0.25, 0.3) is 0 Å². The molecule has 13 heavy (non-hydrogen) atoms. The Labute approximate surface area is 76.0 Å². The topological polar surface area (TPSA) is 52.1 Å². The molecule has 1 aliphatic rings. The number of carbonyl (C=O) groups is 1. The summed E-state index contributed by atoms with van der Waals surface area (Å²) in [6.45, 7) is 0.500. The van der Waals surface area contributed by atoms with Crippen molar-refractivity contribution in [1.29, 1.82) is 0 Å². The van der Waals surface area contributed by atoms with Gasteiger partial charge in [0.2, 0.25) is 0 Å². The first-order valence-electron chi connectivity index (χ1n) is 4.25. The summed E-state index contributed by atoms with van der Waals surface area (Å²) in [5.41, 5.74) is 0.746. The van der Waals surface area contributed by atoms with E-state index in [1.807, 2.05) is 0 Å². The van der Waals surface area contributed by atoms with Gasteiger partial charge in [-0.3, -0.25) is 14.8 Å². The molecule has 0 radical (unpaired) electrons. The van der Waals surface area contributed by atoms with E-state index in [0.717, 1.165) is 5.69 Å². The molecule has 0 spiro atoms. The highest BCUT2D eigenvalue weighted by Crippen LogP contribution is 2.23. The Kier molecular flexibility index (Phi) is 2.31. The fraction of sp³-hybridized carbons (Fsp3) is 0.444. The maximum atomic E-state index is 11.1. The predicted molar refractivity (Wildman–Crippen MR) is 45.0 cm³/mol. The van der Waals surface area contributed by atoms with E-state index in [1.165, 1.54) is 0 Å². The average molecular weight is 178 g/mol. The van der Waals surface area contributed by atoms with Crippen LogP contribution in [0.3, 0.4) is 0 Å². The van der Waals surface area contributed by atoms with E-state index < -0.39 is 0 Å². The molecule has 0 aliphatic carbocycles. The van der Waals surface area contributed by atoms with Crippen LogP contribution in [0.25, 0.3) is 0 Å². The Morgan fingerprint density at radius 1 is 1.46 bits per heavy atom. The highest BCUT2D eigenvalue weighted by Gasteiger charge is 2.22. The summed E-state index contributed by atoms with van der Waals surface area (Å²) in [7, 11) is 0. The van der Waals surface area contributed by atoms with Gasteiger partial charge in [-0.1, -0.05) is 0 Å². The zero-order valence-corrected chi connectivity index (χ0v) is 7.14. The Hall–Kier alpha value is -1.29. The van der Waals surface area contributed by atoms with Crippen molar-refractivity contribution in [2.24, 2.45) is 0 Å². The Bertz CT molecular complexity index is 300. The number of rotatable bonds is 1. The summed E-state index contributed by atoms with van der Waals surface area (Å²) in [4.78, 5) is 19.1. The van der Waals surface area contributed by atoms with Crippen molar-refractivity contribution < 1.29 is 9.53 Å². The van der Waals surface area contributed by atoms with Gasteiger partial charge in [0.1, 0.15) is 11.9 Å². The smallest absolute Gasteiger partial charge is 0.138 e. The molecule has 1 aromatic rings. The van der Waals surface area contributed by atoms with E-state index in [-0.39, 0.29) is 11.9 Å². The number of nitrogens with zero attached hydrogens (tertiary/aromatic N) is 2. The van der Waals surface area contributed by atoms with Crippen molar-refractivity contribution in [3.63, 3.8) is 0 Å². The summed E-state index contributed by atoms with van der Waals surface area (Å²) in [6, 6.07) is 0. The van der Waals surface area contributed by atoms with Crippen LogP contribution in [0, 0.1) is 0 Å². The number of aromatic nitrogens is 2. The molecule has 4 nitrogen and oxygen atoms in total. The van der Waals surface area contributed by atoms with Crippen LogP contribution in [0.2, 0.25) is 0 Å². The van der Waals surface area contributed by atoms with Crippen LogP contribution in [-0.2, 0) is 9.53 Å². The van der Waals surface area contributed by atoms with Crippen LogP contribution in [-0.4, -0.2) is 22.4 Å². The van der Waals surface area contributed by atoms with Gasteiger partial charge in [0.15, 0.2) is 0 Å². The number of ketones is 1. The second kappa shape index (κ2) is 3.62. The maximum absolute atomic E-state index is 11.1. The molecule has 68 valence electrons. The largest absolute Gasteiger partial charge is 0.371 e. The monoisotopic (exact) mass is 178 g/mol. The molecule has 0 aromatic carbocycles. The van der Waals surface area contributed by atoms with Gasteiger partial charge in [0, 0.05) is 25.2 Å². The van der Waals surface area contributed by atoms with Crippen molar-refractivity contribution in [3.05, 3.63) is 24.3 Å². The predicted octanol–water partition coefficient (Wildman–Crippen LogP) is 0.897. The summed E-state index contributed by atoms with van der Waals surface area (Å²) in [6.07, 6.45) is 5.62. The van der Waals surface area contributed by atoms with Crippen molar-refractivity contribution in [2.45, 2.75) is 18.9 Å². The minimum Gasteiger partial charge on any atom is -0.371 e. The van der Waals surface area contributed by atoms with E-state index in [2.05, 4.69) is 9.97 Å². The molecule has 1 unspecified atom stereocenters. The number of hydrogen-bond donors (Lipinski definition) is 0. The van der Waals surface area contributed by atoms with Crippen molar-refractivity contribution >= 4 is 5.78 Å². The molecule has 1 aromatic heterocycles. The number of carbonyl (C=O) groups excluding carboxylic acids is 1. The van der Waals surface area contributed by atoms with Gasteiger partial charge in [-0.2, -0.15) is 0 Å². The number of hydrogen-bond acceptors (Lipinski definition) is 4. The highest BCUT2D eigenvalue weighted by atomic mass is 16.5. The fourth-order valence-corrected chi connectivity index (χ4v) is 1.35. The second-order valence-corrected chi connectivity index (χ2v) is 2.98. The molecule has 1 fully saturated rings. The molecule has 1 aliphatic heterocycles. The Morgan fingerprint density at radius 2 is 2.38 bits per heavy atom. The third kappa shape index (κ3) is 1.89. The molecule has 0 amide bonds. The van der Waals surface area contributed by atoms with Crippen LogP contribution in [0.1, 0.15) is 24.6 Å².